The summed E-state index contributed by atoms with van der Waals surface area (Å²) in [4.78, 5) is 18.1. The summed E-state index contributed by atoms with van der Waals surface area (Å²) in [7, 11) is 0. The Morgan fingerprint density at radius 3 is 2.65 bits per heavy atom. The molecule has 0 bridgehead atoms. The van der Waals surface area contributed by atoms with E-state index in [-0.39, 0.29) is 18.7 Å². The highest BCUT2D eigenvalue weighted by molar-refractivity contribution is 5.80. The Bertz CT molecular complexity index is 614. The monoisotopic (exact) mass is 366 g/mol. The first-order valence-corrected chi connectivity index (χ1v) is 8.90. The van der Waals surface area contributed by atoms with Crippen molar-refractivity contribution < 1.29 is 19.1 Å². The lowest BCUT2D eigenvalue weighted by Crippen LogP contribution is -2.63. The van der Waals surface area contributed by atoms with Crippen molar-refractivity contribution in [2.75, 3.05) is 26.2 Å². The number of rotatable bonds is 5. The third kappa shape index (κ3) is 5.66. The molecule has 1 aliphatic heterocycles. The maximum Gasteiger partial charge on any atom is 0.410 e. The number of aliphatic imine (C=N–C) groups is 1. The van der Waals surface area contributed by atoms with E-state index in [9.17, 15) is 9.90 Å². The molecule has 0 spiro atoms. The van der Waals surface area contributed by atoms with Crippen LogP contribution in [0.25, 0.3) is 0 Å². The van der Waals surface area contributed by atoms with Crippen LogP contribution in [0.2, 0.25) is 0 Å². The second-order valence-corrected chi connectivity index (χ2v) is 7.67. The first-order chi connectivity index (χ1) is 12.1. The molecule has 3 N–H and O–H groups in total. The number of ether oxygens (including phenoxy) is 1. The van der Waals surface area contributed by atoms with E-state index < -0.39 is 11.2 Å². The lowest BCUT2D eigenvalue weighted by molar-refractivity contribution is 0.00699. The Balaban J connectivity index is 1.86. The van der Waals surface area contributed by atoms with E-state index in [1.165, 1.54) is 6.26 Å². The van der Waals surface area contributed by atoms with E-state index in [1.54, 1.807) is 24.0 Å². The number of carbonyl (C=O) groups is 1. The summed E-state index contributed by atoms with van der Waals surface area (Å²) in [6.07, 6.45) is 1.22. The van der Waals surface area contributed by atoms with Crippen LogP contribution in [0, 0.1) is 0 Å². The van der Waals surface area contributed by atoms with Crippen LogP contribution < -0.4 is 10.6 Å². The minimum absolute atomic E-state index is 0.0916. The molecule has 8 heteroatoms. The molecule has 1 aromatic rings. The lowest BCUT2D eigenvalue weighted by Gasteiger charge is -2.40. The average Bonchev–Trinajstić information content (AvgIpc) is 3.01. The highest BCUT2D eigenvalue weighted by Gasteiger charge is 2.34. The predicted octanol–water partition coefficient (Wildman–Crippen LogP) is 1.66. The predicted molar refractivity (Wildman–Crippen MR) is 99.0 cm³/mol. The van der Waals surface area contributed by atoms with Gasteiger partial charge in [-0.1, -0.05) is 0 Å². The summed E-state index contributed by atoms with van der Waals surface area (Å²) in [5.41, 5.74) is -1.68. The first-order valence-electron chi connectivity index (χ1n) is 8.90. The van der Waals surface area contributed by atoms with Crippen LogP contribution in [0.5, 0.6) is 0 Å². The smallest absolute Gasteiger partial charge is 0.410 e. The van der Waals surface area contributed by atoms with Gasteiger partial charge in [0.1, 0.15) is 17.0 Å². The van der Waals surface area contributed by atoms with Gasteiger partial charge in [0.05, 0.1) is 18.8 Å². The van der Waals surface area contributed by atoms with Gasteiger partial charge in [-0.15, -0.1) is 0 Å². The third-order valence-corrected chi connectivity index (χ3v) is 3.82. The molecule has 1 unspecified atom stereocenters. The number of aliphatic hydroxyl groups is 1. The molecule has 0 aliphatic carbocycles. The van der Waals surface area contributed by atoms with Gasteiger partial charge in [-0.05, 0) is 46.8 Å². The maximum atomic E-state index is 12.0. The fraction of sp³-hybridized carbons (Fsp3) is 0.667. The second-order valence-electron chi connectivity index (χ2n) is 7.67. The summed E-state index contributed by atoms with van der Waals surface area (Å²) in [5, 5.41) is 16.9. The number of nitrogens with one attached hydrogen (secondary N) is 2. The van der Waals surface area contributed by atoms with E-state index in [2.05, 4.69) is 15.6 Å². The molecule has 1 amide bonds. The quantitative estimate of drug-likeness (QED) is 0.541. The zero-order chi connectivity index (χ0) is 19.4. The van der Waals surface area contributed by atoms with Gasteiger partial charge in [-0.2, -0.15) is 0 Å². The minimum atomic E-state index is -1.19. The van der Waals surface area contributed by atoms with E-state index in [4.69, 9.17) is 9.15 Å². The maximum absolute atomic E-state index is 12.0. The summed E-state index contributed by atoms with van der Waals surface area (Å²) in [5.74, 6) is 1.06. The van der Waals surface area contributed by atoms with E-state index >= 15 is 0 Å². The van der Waals surface area contributed by atoms with Crippen molar-refractivity contribution in [3.63, 3.8) is 0 Å². The summed E-state index contributed by atoms with van der Waals surface area (Å²) in [6.45, 7) is 11.1. The Morgan fingerprint density at radius 1 is 1.42 bits per heavy atom. The molecule has 1 atom stereocenters. The number of nitrogens with zero attached hydrogens (tertiary/aromatic N) is 2. The molecule has 0 saturated carbocycles. The molecule has 0 aromatic carbocycles. The Labute approximate surface area is 154 Å². The molecule has 146 valence electrons. The third-order valence-electron chi connectivity index (χ3n) is 3.82. The van der Waals surface area contributed by atoms with Crippen molar-refractivity contribution in [3.05, 3.63) is 24.2 Å². The fourth-order valence-corrected chi connectivity index (χ4v) is 2.45. The normalized spacial score (nSPS) is 18.1. The van der Waals surface area contributed by atoms with E-state index in [1.807, 2.05) is 27.7 Å². The van der Waals surface area contributed by atoms with Crippen molar-refractivity contribution in [3.8, 4) is 0 Å². The van der Waals surface area contributed by atoms with Gasteiger partial charge in [0.25, 0.3) is 0 Å². The van der Waals surface area contributed by atoms with Crippen LogP contribution >= 0.6 is 0 Å². The van der Waals surface area contributed by atoms with E-state index in [0.717, 1.165) is 0 Å². The number of hydrogen-bond acceptors (Lipinski definition) is 5. The molecule has 0 radical (unpaired) electrons. The molecule has 1 aliphatic rings. The molecule has 8 nitrogen and oxygen atoms in total. The van der Waals surface area contributed by atoms with Crippen LogP contribution in [-0.2, 0) is 10.3 Å². The van der Waals surface area contributed by atoms with E-state index in [0.29, 0.717) is 31.4 Å². The van der Waals surface area contributed by atoms with Crippen LogP contribution in [0.4, 0.5) is 4.79 Å². The fourth-order valence-electron chi connectivity index (χ4n) is 2.45. The molecular weight excluding hydrogens is 336 g/mol. The number of amides is 1. The summed E-state index contributed by atoms with van der Waals surface area (Å²) < 4.78 is 10.6. The highest BCUT2D eigenvalue weighted by atomic mass is 16.6. The number of carbonyl (C=O) groups excluding carboxylic acids is 1. The minimum Gasteiger partial charge on any atom is -0.466 e. The molecule has 26 heavy (non-hydrogen) atoms. The lowest BCUT2D eigenvalue weighted by atomic mass is 10.0. The van der Waals surface area contributed by atoms with Crippen molar-refractivity contribution in [1.82, 2.24) is 15.5 Å². The molecule has 2 heterocycles. The van der Waals surface area contributed by atoms with Gasteiger partial charge in [-0.25, -0.2) is 9.79 Å². The number of guanidine groups is 1. The van der Waals surface area contributed by atoms with Gasteiger partial charge < -0.3 is 29.8 Å². The summed E-state index contributed by atoms with van der Waals surface area (Å²) in [6, 6.07) is 3.55. The highest BCUT2D eigenvalue weighted by Crippen LogP contribution is 2.21. The van der Waals surface area contributed by atoms with Crippen LogP contribution in [0.3, 0.4) is 0 Å². The Kier molecular flexibility index (Phi) is 6.17. The Morgan fingerprint density at radius 2 is 2.12 bits per heavy atom. The van der Waals surface area contributed by atoms with Crippen molar-refractivity contribution in [2.45, 2.75) is 51.9 Å². The number of furan rings is 1. The first kappa shape index (κ1) is 20.1. The van der Waals surface area contributed by atoms with Crippen LogP contribution in [-0.4, -0.2) is 59.9 Å². The largest absolute Gasteiger partial charge is 0.466 e. The van der Waals surface area contributed by atoms with Crippen LogP contribution in [0.15, 0.2) is 27.8 Å². The van der Waals surface area contributed by atoms with Gasteiger partial charge in [0.15, 0.2) is 5.96 Å². The summed E-state index contributed by atoms with van der Waals surface area (Å²) >= 11 is 0. The molecule has 1 fully saturated rings. The van der Waals surface area contributed by atoms with Gasteiger partial charge in [0.2, 0.25) is 0 Å². The average molecular weight is 366 g/mol. The SMILES string of the molecule is CCNC(=NCC(C)(O)c1ccco1)NC1CN(C(=O)OC(C)(C)C)C1. The zero-order valence-electron chi connectivity index (χ0n) is 16.2. The number of hydrogen-bond donors (Lipinski definition) is 3. The molecule has 1 aromatic heterocycles. The van der Waals surface area contributed by atoms with Crippen molar-refractivity contribution in [1.29, 1.82) is 0 Å². The molecule has 2 rings (SSSR count). The number of likely N-dealkylation sites (tertiary alicyclic amines) is 1. The van der Waals surface area contributed by atoms with Crippen molar-refractivity contribution in [2.24, 2.45) is 4.99 Å². The van der Waals surface area contributed by atoms with Gasteiger partial charge >= 0.3 is 6.09 Å². The van der Waals surface area contributed by atoms with Gasteiger partial charge in [-0.3, -0.25) is 0 Å². The standard InChI is InChI=1S/C18H30N4O4/c1-6-19-15(20-12-18(5,24)14-8-7-9-25-14)21-13-10-22(11-13)16(23)26-17(2,3)4/h7-9,13,24H,6,10-12H2,1-5H3,(H2,19,20,21). The van der Waals surface area contributed by atoms with Crippen molar-refractivity contribution >= 4 is 12.1 Å². The van der Waals surface area contributed by atoms with Crippen LogP contribution in [0.1, 0.15) is 40.4 Å². The zero-order valence-corrected chi connectivity index (χ0v) is 16.2. The molecular formula is C18H30N4O4. The Hall–Kier alpha value is -2.22. The molecule has 1 saturated heterocycles. The topological polar surface area (TPSA) is 99.3 Å². The second kappa shape index (κ2) is 7.99. The van der Waals surface area contributed by atoms with Gasteiger partial charge in [0, 0.05) is 19.6 Å².